The van der Waals surface area contributed by atoms with Crippen LogP contribution < -0.4 is 5.11 Å². The summed E-state index contributed by atoms with van der Waals surface area (Å²) < 4.78 is 23.1. The van der Waals surface area contributed by atoms with E-state index in [0.717, 1.165) is 58.0 Å². The third-order valence-electron chi connectivity index (χ3n) is 11.4. The summed E-state index contributed by atoms with van der Waals surface area (Å²) in [6.07, 6.45) is 43.9. The van der Waals surface area contributed by atoms with Crippen LogP contribution in [0, 0.1) is 0 Å². The highest BCUT2D eigenvalue weighted by atomic mass is 16.5. The van der Waals surface area contributed by atoms with Gasteiger partial charge >= 0.3 is 0 Å². The molecule has 0 aliphatic rings. The van der Waals surface area contributed by atoms with Crippen LogP contribution in [-0.4, -0.2) is 130 Å². The van der Waals surface area contributed by atoms with E-state index in [1.165, 1.54) is 167 Å². The van der Waals surface area contributed by atoms with Crippen LogP contribution in [0.3, 0.4) is 0 Å². The van der Waals surface area contributed by atoms with Gasteiger partial charge in [0.15, 0.2) is 0 Å². The largest absolute Gasteiger partial charge is 0.872 e. The summed E-state index contributed by atoms with van der Waals surface area (Å²) in [6, 6.07) is 0. The van der Waals surface area contributed by atoms with Crippen molar-refractivity contribution in [2.75, 3.05) is 80.6 Å². The molecule has 0 aromatic heterocycles. The van der Waals surface area contributed by atoms with Crippen molar-refractivity contribution in [1.29, 1.82) is 0 Å². The number of hydrogen-bond acceptors (Lipinski definition) is 10. The number of unbranched alkanes of at least 4 members (excludes halogenated alkanes) is 29. The van der Waals surface area contributed by atoms with Gasteiger partial charge < -0.3 is 53.8 Å². The highest BCUT2D eigenvalue weighted by Crippen LogP contribution is 2.15. The number of ether oxygens (including phenoxy) is 4. The number of aldehydes is 1. The van der Waals surface area contributed by atoms with Gasteiger partial charge in [0.25, 0.3) is 0 Å². The average Bonchev–Trinajstić information content (AvgIpc) is 3.29. The summed E-state index contributed by atoms with van der Waals surface area (Å²) in [6.45, 7) is 9.40. The standard InChI is InChI=1S/C25H52O5.C24H48O4.C6H13NO.CH4/c1-2-3-4-5-6-7-8-9-10-11-12-13-14-16-19-29-23-25(22-27)30-20-17-15-18-24(28)21-26;1-2-3-4-5-6-7-8-9-10-11-12-13-14-17-20-27-23-24(22-26)28-21-18-15-16-19-25;1-6(8)5-7(2,3)4;/h24-28H,2-23H2,1H3;19,24,26H,2-18,20-23H2,1H3;5H,1-4H3;1H4. The van der Waals surface area contributed by atoms with Crippen molar-refractivity contribution in [2.24, 2.45) is 0 Å². The Morgan fingerprint density at radius 1 is 0.493 bits per heavy atom. The number of quaternary nitrogens is 1. The van der Waals surface area contributed by atoms with E-state index in [9.17, 15) is 25.2 Å². The molecule has 11 heteroatoms. The zero-order valence-electron chi connectivity index (χ0n) is 44.5. The summed E-state index contributed by atoms with van der Waals surface area (Å²) >= 11 is 0. The Balaban J connectivity index is -0.000000502. The smallest absolute Gasteiger partial charge is 0.119 e. The lowest BCUT2D eigenvalue weighted by atomic mass is 10.0. The fourth-order valence-corrected chi connectivity index (χ4v) is 7.48. The van der Waals surface area contributed by atoms with Crippen molar-refractivity contribution in [3.05, 3.63) is 12.0 Å². The maximum Gasteiger partial charge on any atom is 0.119 e. The van der Waals surface area contributed by atoms with E-state index in [4.69, 9.17) is 24.1 Å². The SMILES string of the molecule is C.CC([O-])=C[N+](C)(C)C.CCCCCCCCCCCCCCCCOCC(CO)OCCCCC(O)CO.CCCCCCCCCCCCCCCCOCC(CO)OCCCCC=O. The molecule has 0 aliphatic heterocycles. The van der Waals surface area contributed by atoms with E-state index in [1.807, 2.05) is 21.1 Å². The number of aliphatic hydroxyl groups is 4. The molecule has 406 valence electrons. The molecule has 0 aromatic rings. The van der Waals surface area contributed by atoms with Crippen molar-refractivity contribution < 1.29 is 53.8 Å². The number of hydrogen-bond donors (Lipinski definition) is 4. The number of carbonyl (C=O) groups excluding carboxylic acids is 1. The fraction of sp³-hybridized carbons (Fsp3) is 0.946. The van der Waals surface area contributed by atoms with Crippen molar-refractivity contribution in [3.63, 3.8) is 0 Å². The molecule has 0 fully saturated rings. The molecule has 3 atom stereocenters. The molecule has 0 saturated carbocycles. The number of aliphatic hydroxyl groups excluding tert-OH is 4. The van der Waals surface area contributed by atoms with Gasteiger partial charge in [0, 0.05) is 32.8 Å². The molecule has 0 radical (unpaired) electrons. The third kappa shape index (κ3) is 69.2. The molecule has 0 heterocycles. The minimum absolute atomic E-state index is 0. The number of nitrogens with zero attached hydrogens (tertiary/aromatic N) is 1. The maximum atomic E-state index is 10.4. The van der Waals surface area contributed by atoms with Crippen LogP contribution in [-0.2, 0) is 23.7 Å². The highest BCUT2D eigenvalue weighted by molar-refractivity contribution is 5.48. The molecule has 0 aromatic carbocycles. The summed E-state index contributed by atoms with van der Waals surface area (Å²) in [5.41, 5.74) is 0. The zero-order chi connectivity index (χ0) is 49.5. The quantitative estimate of drug-likeness (QED) is 0.0200. The van der Waals surface area contributed by atoms with Crippen LogP contribution in [0.5, 0.6) is 0 Å². The number of rotatable bonds is 50. The molecule has 0 amide bonds. The summed E-state index contributed by atoms with van der Waals surface area (Å²) in [4.78, 5) is 10.2. The minimum atomic E-state index is -0.632. The second kappa shape index (κ2) is 61.0. The van der Waals surface area contributed by atoms with Gasteiger partial charge in [0.1, 0.15) is 18.5 Å². The fourth-order valence-electron chi connectivity index (χ4n) is 7.48. The molecule has 0 rings (SSSR count). The topological polar surface area (TPSA) is 158 Å². The third-order valence-corrected chi connectivity index (χ3v) is 11.4. The minimum Gasteiger partial charge on any atom is -0.872 e. The molecule has 0 bridgehead atoms. The molecule has 0 spiro atoms. The van der Waals surface area contributed by atoms with Crippen LogP contribution in [0.15, 0.2) is 12.0 Å². The number of allylic oxidation sites excluding steroid dienone is 1. The normalized spacial score (nSPS) is 13.0. The Morgan fingerprint density at radius 3 is 1.07 bits per heavy atom. The van der Waals surface area contributed by atoms with E-state index in [0.29, 0.717) is 43.8 Å². The van der Waals surface area contributed by atoms with Gasteiger partial charge in [-0.3, -0.25) is 0 Å². The second-order valence-electron chi connectivity index (χ2n) is 19.5. The Bertz CT molecular complexity index is 930. The highest BCUT2D eigenvalue weighted by Gasteiger charge is 2.09. The lowest BCUT2D eigenvalue weighted by Gasteiger charge is -2.20. The predicted octanol–water partition coefficient (Wildman–Crippen LogP) is 12.2. The van der Waals surface area contributed by atoms with E-state index in [1.54, 1.807) is 13.1 Å². The first-order chi connectivity index (χ1) is 32.0. The van der Waals surface area contributed by atoms with Crippen LogP contribution in [0.25, 0.3) is 0 Å². The molecule has 67 heavy (non-hydrogen) atoms. The molecular formula is C56H117NO10. The summed E-state index contributed by atoms with van der Waals surface area (Å²) in [5, 5.41) is 47.1. The van der Waals surface area contributed by atoms with Gasteiger partial charge in [-0.05, 0) is 51.9 Å². The predicted molar refractivity (Wildman–Crippen MR) is 281 cm³/mol. The van der Waals surface area contributed by atoms with Gasteiger partial charge in [-0.15, -0.1) is 0 Å². The van der Waals surface area contributed by atoms with Gasteiger partial charge in [-0.25, -0.2) is 0 Å². The van der Waals surface area contributed by atoms with Crippen LogP contribution in [0.1, 0.15) is 247 Å². The van der Waals surface area contributed by atoms with E-state index >= 15 is 0 Å². The van der Waals surface area contributed by atoms with Crippen LogP contribution in [0.4, 0.5) is 0 Å². The average molecular weight is 965 g/mol. The molecule has 3 unspecified atom stereocenters. The molecule has 11 nitrogen and oxygen atoms in total. The summed E-state index contributed by atoms with van der Waals surface area (Å²) in [7, 11) is 5.84. The molecule has 0 saturated heterocycles. The van der Waals surface area contributed by atoms with Crippen LogP contribution in [0.2, 0.25) is 0 Å². The first-order valence-electron chi connectivity index (χ1n) is 27.5. The summed E-state index contributed by atoms with van der Waals surface area (Å²) in [5.74, 6) is 0.123. The van der Waals surface area contributed by atoms with E-state index in [2.05, 4.69) is 13.8 Å². The maximum absolute atomic E-state index is 10.4. The molecule has 0 aliphatic carbocycles. The lowest BCUT2D eigenvalue weighted by molar-refractivity contribution is -0.819. The van der Waals surface area contributed by atoms with Crippen molar-refractivity contribution in [1.82, 2.24) is 0 Å². The van der Waals surface area contributed by atoms with Crippen LogP contribution >= 0.6 is 0 Å². The van der Waals surface area contributed by atoms with Crippen molar-refractivity contribution in [3.8, 4) is 0 Å². The van der Waals surface area contributed by atoms with Gasteiger partial charge in [0.05, 0.1) is 66.5 Å². The second-order valence-corrected chi connectivity index (χ2v) is 19.5. The van der Waals surface area contributed by atoms with Crippen molar-refractivity contribution in [2.45, 2.75) is 265 Å². The van der Waals surface area contributed by atoms with Gasteiger partial charge in [-0.2, -0.15) is 0 Å². The molecule has 4 N–H and O–H groups in total. The van der Waals surface area contributed by atoms with Crippen molar-refractivity contribution >= 4 is 6.29 Å². The Labute approximate surface area is 416 Å². The van der Waals surface area contributed by atoms with E-state index < -0.39 is 6.10 Å². The molecular weight excluding hydrogens is 847 g/mol. The Kier molecular flexibility index (Phi) is 65.9. The van der Waals surface area contributed by atoms with Gasteiger partial charge in [-0.1, -0.05) is 194 Å². The first kappa shape index (κ1) is 72.4. The first-order valence-corrected chi connectivity index (χ1v) is 27.5. The van der Waals surface area contributed by atoms with E-state index in [-0.39, 0.29) is 45.2 Å². The Morgan fingerprint density at radius 2 is 0.806 bits per heavy atom. The lowest BCUT2D eigenvalue weighted by Crippen LogP contribution is -2.28. The monoisotopic (exact) mass is 964 g/mol. The Hall–Kier alpha value is -1.15. The number of carbonyl (C=O) groups is 1. The van der Waals surface area contributed by atoms with Gasteiger partial charge in [0.2, 0.25) is 0 Å². The zero-order valence-corrected chi connectivity index (χ0v) is 44.5.